The predicted molar refractivity (Wildman–Crippen MR) is 93.6 cm³/mol. The molecule has 0 aliphatic heterocycles. The first-order chi connectivity index (χ1) is 10.7. The van der Waals surface area contributed by atoms with Crippen molar-refractivity contribution >= 4 is 23.4 Å². The summed E-state index contributed by atoms with van der Waals surface area (Å²) in [6, 6.07) is 7.55. The number of halogens is 1. The van der Waals surface area contributed by atoms with Crippen LogP contribution in [0.25, 0.3) is 0 Å². The van der Waals surface area contributed by atoms with Crippen molar-refractivity contribution in [2.75, 3.05) is 26.7 Å². The zero-order chi connectivity index (χ0) is 17.5. The fourth-order valence-corrected chi connectivity index (χ4v) is 2.18. The van der Waals surface area contributed by atoms with Gasteiger partial charge in [0.05, 0.1) is 13.1 Å². The van der Waals surface area contributed by atoms with Crippen LogP contribution >= 0.6 is 11.6 Å². The van der Waals surface area contributed by atoms with Gasteiger partial charge in [-0.2, -0.15) is 0 Å². The fourth-order valence-electron chi connectivity index (χ4n) is 2.06. The largest absolute Gasteiger partial charge is 0.355 e. The number of hydrogen-bond donors (Lipinski definition) is 2. The van der Waals surface area contributed by atoms with Gasteiger partial charge in [0.1, 0.15) is 0 Å². The number of amides is 2. The van der Waals surface area contributed by atoms with E-state index in [1.165, 1.54) is 0 Å². The van der Waals surface area contributed by atoms with Crippen LogP contribution in [0.15, 0.2) is 24.3 Å². The number of likely N-dealkylation sites (N-methyl/N-ethyl adjacent to an activating group) is 1. The summed E-state index contributed by atoms with van der Waals surface area (Å²) in [6.07, 6.45) is 0.747. The topological polar surface area (TPSA) is 61.4 Å². The molecule has 128 valence electrons. The Labute approximate surface area is 143 Å². The van der Waals surface area contributed by atoms with Crippen LogP contribution in [-0.2, 0) is 16.0 Å². The average molecular weight is 340 g/mol. The van der Waals surface area contributed by atoms with Gasteiger partial charge in [-0.3, -0.25) is 14.5 Å². The first kappa shape index (κ1) is 19.5. The lowest BCUT2D eigenvalue weighted by molar-refractivity contribution is -0.125. The van der Waals surface area contributed by atoms with E-state index < -0.39 is 0 Å². The van der Waals surface area contributed by atoms with E-state index in [0.29, 0.717) is 11.6 Å². The minimum Gasteiger partial charge on any atom is -0.355 e. The summed E-state index contributed by atoms with van der Waals surface area (Å²) in [5.41, 5.74) is 0.853. The summed E-state index contributed by atoms with van der Waals surface area (Å²) in [5, 5.41) is 6.42. The third kappa shape index (κ3) is 9.21. The van der Waals surface area contributed by atoms with E-state index in [9.17, 15) is 9.59 Å². The van der Waals surface area contributed by atoms with Crippen molar-refractivity contribution in [2.24, 2.45) is 0 Å². The van der Waals surface area contributed by atoms with Crippen molar-refractivity contribution in [1.29, 1.82) is 0 Å². The van der Waals surface area contributed by atoms with Crippen molar-refractivity contribution in [3.63, 3.8) is 0 Å². The molecule has 0 bridgehead atoms. The van der Waals surface area contributed by atoms with Crippen LogP contribution in [0.4, 0.5) is 0 Å². The Morgan fingerprint density at radius 2 is 1.65 bits per heavy atom. The second-order valence-corrected chi connectivity index (χ2v) is 7.13. The molecule has 0 atom stereocenters. The van der Waals surface area contributed by atoms with Crippen LogP contribution < -0.4 is 10.6 Å². The van der Waals surface area contributed by atoms with Gasteiger partial charge >= 0.3 is 0 Å². The molecule has 0 heterocycles. The summed E-state index contributed by atoms with van der Waals surface area (Å²) in [5.74, 6) is -0.181. The minimum absolute atomic E-state index is 0.0889. The van der Waals surface area contributed by atoms with Gasteiger partial charge in [0.2, 0.25) is 11.8 Å². The maximum Gasteiger partial charge on any atom is 0.234 e. The van der Waals surface area contributed by atoms with Crippen molar-refractivity contribution in [3.05, 3.63) is 34.9 Å². The molecule has 23 heavy (non-hydrogen) atoms. The molecule has 0 radical (unpaired) electrons. The van der Waals surface area contributed by atoms with Crippen molar-refractivity contribution in [2.45, 2.75) is 32.7 Å². The van der Waals surface area contributed by atoms with E-state index >= 15 is 0 Å². The number of rotatable bonds is 7. The monoisotopic (exact) mass is 339 g/mol. The molecule has 0 saturated heterocycles. The van der Waals surface area contributed by atoms with Crippen LogP contribution in [0.2, 0.25) is 5.02 Å². The summed E-state index contributed by atoms with van der Waals surface area (Å²) in [6.45, 7) is 6.72. The molecule has 0 unspecified atom stereocenters. The Bertz CT molecular complexity index is 524. The van der Waals surface area contributed by atoms with Gasteiger partial charge in [0.25, 0.3) is 0 Å². The molecule has 0 spiro atoms. The molecule has 2 amide bonds. The summed E-state index contributed by atoms with van der Waals surface area (Å²) in [4.78, 5) is 25.3. The second kappa shape index (κ2) is 8.89. The SMILES string of the molecule is CN(CC(=O)NCCc1ccc(Cl)cc1)CC(=O)NC(C)(C)C. The highest BCUT2D eigenvalue weighted by molar-refractivity contribution is 6.30. The highest BCUT2D eigenvalue weighted by atomic mass is 35.5. The van der Waals surface area contributed by atoms with E-state index in [-0.39, 0.29) is 30.4 Å². The smallest absolute Gasteiger partial charge is 0.234 e. The average Bonchev–Trinajstić information content (AvgIpc) is 2.38. The summed E-state index contributed by atoms with van der Waals surface area (Å²) >= 11 is 5.83. The normalized spacial score (nSPS) is 11.4. The van der Waals surface area contributed by atoms with Crippen LogP contribution in [0.3, 0.4) is 0 Å². The Morgan fingerprint density at radius 3 is 2.22 bits per heavy atom. The lowest BCUT2D eigenvalue weighted by Crippen LogP contribution is -2.46. The van der Waals surface area contributed by atoms with E-state index in [1.54, 1.807) is 11.9 Å². The second-order valence-electron chi connectivity index (χ2n) is 6.70. The van der Waals surface area contributed by atoms with E-state index in [0.717, 1.165) is 12.0 Å². The highest BCUT2D eigenvalue weighted by Crippen LogP contribution is 2.09. The van der Waals surface area contributed by atoms with Crippen LogP contribution in [0.1, 0.15) is 26.3 Å². The lowest BCUT2D eigenvalue weighted by Gasteiger charge is -2.23. The molecular weight excluding hydrogens is 314 g/mol. The third-order valence-corrected chi connectivity index (χ3v) is 3.24. The maximum absolute atomic E-state index is 11.9. The number of carbonyl (C=O) groups is 2. The van der Waals surface area contributed by atoms with Crippen LogP contribution in [-0.4, -0.2) is 48.9 Å². The van der Waals surface area contributed by atoms with Gasteiger partial charge in [0.15, 0.2) is 0 Å². The molecule has 0 aliphatic carbocycles. The summed E-state index contributed by atoms with van der Waals surface area (Å²) in [7, 11) is 1.75. The van der Waals surface area contributed by atoms with Gasteiger partial charge in [-0.15, -0.1) is 0 Å². The van der Waals surface area contributed by atoms with Gasteiger partial charge < -0.3 is 10.6 Å². The predicted octanol–water partition coefficient (Wildman–Crippen LogP) is 1.85. The molecule has 1 aromatic carbocycles. The van der Waals surface area contributed by atoms with Crippen LogP contribution in [0, 0.1) is 0 Å². The number of nitrogens with one attached hydrogen (secondary N) is 2. The third-order valence-electron chi connectivity index (χ3n) is 2.99. The lowest BCUT2D eigenvalue weighted by atomic mass is 10.1. The minimum atomic E-state index is -0.265. The zero-order valence-electron chi connectivity index (χ0n) is 14.3. The molecule has 6 heteroatoms. The number of nitrogens with zero attached hydrogens (tertiary/aromatic N) is 1. The van der Waals surface area contributed by atoms with E-state index in [1.807, 2.05) is 45.0 Å². The van der Waals surface area contributed by atoms with Gasteiger partial charge in [-0.05, 0) is 51.9 Å². The first-order valence-corrected chi connectivity index (χ1v) is 8.04. The Hall–Kier alpha value is -1.59. The molecule has 2 N–H and O–H groups in total. The first-order valence-electron chi connectivity index (χ1n) is 7.66. The fraction of sp³-hybridized carbons (Fsp3) is 0.529. The maximum atomic E-state index is 11.9. The highest BCUT2D eigenvalue weighted by Gasteiger charge is 2.16. The Balaban J connectivity index is 2.25. The molecule has 5 nitrogen and oxygen atoms in total. The van der Waals surface area contributed by atoms with Crippen molar-refractivity contribution in [1.82, 2.24) is 15.5 Å². The molecule has 0 aliphatic rings. The number of carbonyl (C=O) groups excluding carboxylic acids is 2. The molecule has 0 saturated carbocycles. The van der Waals surface area contributed by atoms with Crippen LogP contribution in [0.5, 0.6) is 0 Å². The molecule has 1 rings (SSSR count). The van der Waals surface area contributed by atoms with E-state index in [2.05, 4.69) is 10.6 Å². The van der Waals surface area contributed by atoms with Gasteiger partial charge in [-0.1, -0.05) is 23.7 Å². The van der Waals surface area contributed by atoms with Gasteiger partial charge in [-0.25, -0.2) is 0 Å². The van der Waals surface area contributed by atoms with E-state index in [4.69, 9.17) is 11.6 Å². The summed E-state index contributed by atoms with van der Waals surface area (Å²) < 4.78 is 0. The quantitative estimate of drug-likeness (QED) is 0.797. The molecule has 1 aromatic rings. The van der Waals surface area contributed by atoms with Crippen molar-refractivity contribution < 1.29 is 9.59 Å². The molecule has 0 fully saturated rings. The Kier molecular flexibility index (Phi) is 7.52. The number of hydrogen-bond acceptors (Lipinski definition) is 3. The molecular formula is C17H26ClN3O2. The zero-order valence-corrected chi connectivity index (χ0v) is 15.0. The standard InChI is InChI=1S/C17H26ClN3O2/c1-17(2,3)20-16(23)12-21(4)11-15(22)19-10-9-13-5-7-14(18)8-6-13/h5-8H,9-12H2,1-4H3,(H,19,22)(H,20,23). The molecule has 0 aromatic heterocycles. The van der Waals surface area contributed by atoms with Gasteiger partial charge in [0, 0.05) is 17.1 Å². The van der Waals surface area contributed by atoms with Crippen molar-refractivity contribution in [3.8, 4) is 0 Å². The number of benzene rings is 1. The Morgan fingerprint density at radius 1 is 1.09 bits per heavy atom.